The van der Waals surface area contributed by atoms with Gasteiger partial charge in [0.15, 0.2) is 6.10 Å². The van der Waals surface area contributed by atoms with E-state index in [9.17, 15) is 4.79 Å². The Labute approximate surface area is 82.3 Å². The molecule has 74 valence electrons. The number of hydrogen-bond acceptors (Lipinski definition) is 2. The van der Waals surface area contributed by atoms with Crippen molar-refractivity contribution < 1.29 is 14.6 Å². The van der Waals surface area contributed by atoms with Crippen molar-refractivity contribution in [3.8, 4) is 0 Å². The van der Waals surface area contributed by atoms with Crippen LogP contribution in [0.1, 0.15) is 24.5 Å². The second-order valence-corrected chi connectivity index (χ2v) is 3.46. The van der Waals surface area contributed by atoms with Crippen molar-refractivity contribution in [2.45, 2.75) is 25.0 Å². The van der Waals surface area contributed by atoms with Gasteiger partial charge in [0.1, 0.15) is 0 Å². The summed E-state index contributed by atoms with van der Waals surface area (Å²) in [4.78, 5) is 10.9. The Morgan fingerprint density at radius 1 is 1.36 bits per heavy atom. The number of carboxylic acids is 1. The highest BCUT2D eigenvalue weighted by Crippen LogP contribution is 2.30. The summed E-state index contributed by atoms with van der Waals surface area (Å²) in [5, 5.41) is 8.98. The van der Waals surface area contributed by atoms with Crippen LogP contribution >= 0.6 is 0 Å². The van der Waals surface area contributed by atoms with Gasteiger partial charge in [-0.1, -0.05) is 30.3 Å². The molecule has 2 rings (SSSR count). The molecule has 1 fully saturated rings. The topological polar surface area (TPSA) is 46.5 Å². The number of hydrogen-bond donors (Lipinski definition) is 1. The summed E-state index contributed by atoms with van der Waals surface area (Å²) in [6.45, 7) is 0. The summed E-state index contributed by atoms with van der Waals surface area (Å²) in [7, 11) is 0. The Morgan fingerprint density at radius 3 is 2.50 bits per heavy atom. The van der Waals surface area contributed by atoms with Crippen molar-refractivity contribution in [1.82, 2.24) is 0 Å². The molecule has 1 aliphatic rings. The van der Waals surface area contributed by atoms with Crippen molar-refractivity contribution >= 4 is 5.97 Å². The zero-order chi connectivity index (χ0) is 9.97. The molecule has 14 heavy (non-hydrogen) atoms. The van der Waals surface area contributed by atoms with Gasteiger partial charge in [0, 0.05) is 0 Å². The van der Waals surface area contributed by atoms with Crippen LogP contribution in [0.25, 0.3) is 0 Å². The third kappa shape index (κ3) is 2.12. The average Bonchev–Trinajstić information content (AvgIpc) is 2.99. The zero-order valence-corrected chi connectivity index (χ0v) is 7.72. The van der Waals surface area contributed by atoms with E-state index in [0.717, 1.165) is 12.8 Å². The minimum absolute atomic E-state index is 0.149. The predicted octanol–water partition coefficient (Wildman–Crippen LogP) is 1.99. The molecule has 0 bridgehead atoms. The van der Waals surface area contributed by atoms with Crippen LogP contribution < -0.4 is 0 Å². The Bertz CT molecular complexity index is 317. The van der Waals surface area contributed by atoms with Crippen LogP contribution in [0.5, 0.6) is 0 Å². The molecule has 0 radical (unpaired) electrons. The molecule has 0 aliphatic heterocycles. The second kappa shape index (κ2) is 3.80. The Kier molecular flexibility index (Phi) is 2.50. The van der Waals surface area contributed by atoms with Gasteiger partial charge >= 0.3 is 5.97 Å². The summed E-state index contributed by atoms with van der Waals surface area (Å²) < 4.78 is 5.41. The summed E-state index contributed by atoms with van der Waals surface area (Å²) in [6.07, 6.45) is 1.31. The Hall–Kier alpha value is -1.35. The van der Waals surface area contributed by atoms with Crippen LogP contribution in [0, 0.1) is 0 Å². The lowest BCUT2D eigenvalue weighted by Gasteiger charge is -2.12. The predicted molar refractivity (Wildman–Crippen MR) is 50.9 cm³/mol. The molecule has 3 heteroatoms. The number of carbonyl (C=O) groups is 1. The molecule has 3 nitrogen and oxygen atoms in total. The molecule has 0 aromatic heterocycles. The Morgan fingerprint density at radius 2 is 2.00 bits per heavy atom. The molecular formula is C11H12O3. The fraction of sp³-hybridized carbons (Fsp3) is 0.364. The monoisotopic (exact) mass is 192 g/mol. The van der Waals surface area contributed by atoms with Gasteiger partial charge in [-0.3, -0.25) is 0 Å². The number of aliphatic carboxylic acids is 1. The van der Waals surface area contributed by atoms with Gasteiger partial charge in [0.05, 0.1) is 6.10 Å². The molecule has 0 saturated heterocycles. The summed E-state index contributed by atoms with van der Waals surface area (Å²) >= 11 is 0. The van der Waals surface area contributed by atoms with Crippen molar-refractivity contribution in [3.63, 3.8) is 0 Å². The van der Waals surface area contributed by atoms with E-state index in [0.29, 0.717) is 5.56 Å². The molecule has 0 spiro atoms. The molecule has 1 aromatic rings. The zero-order valence-electron chi connectivity index (χ0n) is 7.72. The Balaban J connectivity index is 2.13. The fourth-order valence-electron chi connectivity index (χ4n) is 1.30. The standard InChI is InChI=1S/C11H12O3/c12-11(13)10(14-9-6-7-9)8-4-2-1-3-5-8/h1-5,9-10H,6-7H2,(H,12,13)/t10-/m0/s1. The first-order valence-corrected chi connectivity index (χ1v) is 4.70. The SMILES string of the molecule is O=C(O)[C@@H](OC1CC1)c1ccccc1. The van der Waals surface area contributed by atoms with E-state index in [1.54, 1.807) is 12.1 Å². The molecule has 1 saturated carbocycles. The van der Waals surface area contributed by atoms with Gasteiger partial charge in [-0.25, -0.2) is 4.79 Å². The minimum Gasteiger partial charge on any atom is -0.479 e. The van der Waals surface area contributed by atoms with Crippen LogP contribution in [0.4, 0.5) is 0 Å². The molecular weight excluding hydrogens is 180 g/mol. The summed E-state index contributed by atoms with van der Waals surface area (Å²) in [6, 6.07) is 9.06. The number of carboxylic acid groups (broad SMARTS) is 1. The maximum Gasteiger partial charge on any atom is 0.337 e. The highest BCUT2D eigenvalue weighted by Gasteiger charge is 2.30. The molecule has 0 unspecified atom stereocenters. The minimum atomic E-state index is -0.914. The van der Waals surface area contributed by atoms with Crippen LogP contribution in [-0.2, 0) is 9.53 Å². The first kappa shape index (κ1) is 9.21. The van der Waals surface area contributed by atoms with E-state index in [2.05, 4.69) is 0 Å². The van der Waals surface area contributed by atoms with E-state index in [-0.39, 0.29) is 6.10 Å². The maximum absolute atomic E-state index is 10.9. The van der Waals surface area contributed by atoms with Gasteiger partial charge in [-0.2, -0.15) is 0 Å². The molecule has 0 heterocycles. The molecule has 0 amide bonds. The molecule has 1 atom stereocenters. The van der Waals surface area contributed by atoms with Crippen LogP contribution in [0.2, 0.25) is 0 Å². The third-order valence-corrected chi connectivity index (χ3v) is 2.18. The number of rotatable bonds is 4. The lowest BCUT2D eigenvalue weighted by molar-refractivity contribution is -0.151. The lowest BCUT2D eigenvalue weighted by Crippen LogP contribution is -2.16. The molecule has 1 N–H and O–H groups in total. The van der Waals surface area contributed by atoms with Gasteiger partial charge in [-0.15, -0.1) is 0 Å². The van der Waals surface area contributed by atoms with E-state index in [4.69, 9.17) is 9.84 Å². The largest absolute Gasteiger partial charge is 0.479 e. The average molecular weight is 192 g/mol. The lowest BCUT2D eigenvalue weighted by atomic mass is 10.1. The van der Waals surface area contributed by atoms with E-state index < -0.39 is 12.1 Å². The fourth-order valence-corrected chi connectivity index (χ4v) is 1.30. The van der Waals surface area contributed by atoms with Crippen molar-refractivity contribution in [2.24, 2.45) is 0 Å². The number of ether oxygens (including phenoxy) is 1. The van der Waals surface area contributed by atoms with Crippen molar-refractivity contribution in [3.05, 3.63) is 35.9 Å². The van der Waals surface area contributed by atoms with Gasteiger partial charge in [0.2, 0.25) is 0 Å². The second-order valence-electron chi connectivity index (χ2n) is 3.46. The quantitative estimate of drug-likeness (QED) is 0.793. The van der Waals surface area contributed by atoms with Crippen LogP contribution in [0.15, 0.2) is 30.3 Å². The summed E-state index contributed by atoms with van der Waals surface area (Å²) in [5.41, 5.74) is 0.715. The van der Waals surface area contributed by atoms with E-state index in [1.165, 1.54) is 0 Å². The van der Waals surface area contributed by atoms with E-state index >= 15 is 0 Å². The van der Waals surface area contributed by atoms with E-state index in [1.807, 2.05) is 18.2 Å². The maximum atomic E-state index is 10.9. The van der Waals surface area contributed by atoms with Crippen molar-refractivity contribution in [2.75, 3.05) is 0 Å². The highest BCUT2D eigenvalue weighted by atomic mass is 16.5. The first-order valence-electron chi connectivity index (χ1n) is 4.70. The third-order valence-electron chi connectivity index (χ3n) is 2.18. The molecule has 1 aliphatic carbocycles. The summed E-state index contributed by atoms with van der Waals surface area (Å²) in [5.74, 6) is -0.914. The van der Waals surface area contributed by atoms with Crippen LogP contribution in [0.3, 0.4) is 0 Å². The van der Waals surface area contributed by atoms with Crippen LogP contribution in [-0.4, -0.2) is 17.2 Å². The molecule has 1 aromatic carbocycles. The number of benzene rings is 1. The smallest absolute Gasteiger partial charge is 0.337 e. The normalized spacial score (nSPS) is 17.7. The van der Waals surface area contributed by atoms with Crippen molar-refractivity contribution in [1.29, 1.82) is 0 Å². The van der Waals surface area contributed by atoms with Gasteiger partial charge in [0.25, 0.3) is 0 Å². The highest BCUT2D eigenvalue weighted by molar-refractivity contribution is 5.74. The van der Waals surface area contributed by atoms with Gasteiger partial charge in [-0.05, 0) is 18.4 Å². The first-order chi connectivity index (χ1) is 6.77. The van der Waals surface area contributed by atoms with Gasteiger partial charge < -0.3 is 9.84 Å².